The molecule has 0 unspecified atom stereocenters. The van der Waals surface area contributed by atoms with Crippen molar-refractivity contribution in [3.8, 4) is 0 Å². The zero-order valence-electron chi connectivity index (χ0n) is 12.1. The van der Waals surface area contributed by atoms with Crippen molar-refractivity contribution in [2.75, 3.05) is 6.54 Å². The Bertz CT molecular complexity index is 691. The van der Waals surface area contributed by atoms with Crippen molar-refractivity contribution < 1.29 is 17.4 Å². The van der Waals surface area contributed by atoms with Crippen molar-refractivity contribution in [2.24, 2.45) is 0 Å². The summed E-state index contributed by atoms with van der Waals surface area (Å²) >= 11 is 0. The largest absolute Gasteiger partial charge is 0.465 e. The average Bonchev–Trinajstić information content (AvgIpc) is 3.02. The molecule has 0 aliphatic heterocycles. The first-order valence-corrected chi connectivity index (χ1v) is 7.98. The highest BCUT2D eigenvalue weighted by atomic mass is 32.2. The van der Waals surface area contributed by atoms with E-state index in [0.717, 1.165) is 12.9 Å². The summed E-state index contributed by atoms with van der Waals surface area (Å²) in [5, 5.41) is 6.67. The smallest absolute Gasteiger partial charge is 0.244 e. The summed E-state index contributed by atoms with van der Waals surface area (Å²) in [7, 11) is -3.71. The molecule has 2 rings (SSSR count). The highest BCUT2D eigenvalue weighted by Gasteiger charge is 2.26. The Balaban J connectivity index is 2.26. The van der Waals surface area contributed by atoms with E-state index in [1.165, 1.54) is 0 Å². The minimum atomic E-state index is -3.71. The Labute approximate surface area is 123 Å². The van der Waals surface area contributed by atoms with E-state index in [1.54, 1.807) is 13.8 Å². The lowest BCUT2D eigenvalue weighted by molar-refractivity contribution is 0.409. The van der Waals surface area contributed by atoms with Crippen LogP contribution in [0, 0.1) is 13.8 Å². The van der Waals surface area contributed by atoms with Gasteiger partial charge in [0.15, 0.2) is 5.82 Å². The normalized spacial score (nSPS) is 12.0. The first-order chi connectivity index (χ1) is 9.95. The molecular weight excluding hydrogens is 296 g/mol. The fourth-order valence-electron chi connectivity index (χ4n) is 2.02. The molecule has 116 valence electrons. The molecule has 9 heteroatoms. The van der Waals surface area contributed by atoms with Gasteiger partial charge in [-0.2, -0.15) is 4.98 Å². The van der Waals surface area contributed by atoms with E-state index in [4.69, 9.17) is 4.42 Å². The van der Waals surface area contributed by atoms with Gasteiger partial charge >= 0.3 is 0 Å². The van der Waals surface area contributed by atoms with Gasteiger partial charge in [-0.15, -0.1) is 0 Å². The molecule has 0 atom stereocenters. The van der Waals surface area contributed by atoms with Crippen LogP contribution in [0.4, 0.5) is 0 Å². The van der Waals surface area contributed by atoms with Crippen LogP contribution in [0.5, 0.6) is 0 Å². The number of hydrogen-bond donors (Lipinski definition) is 2. The maximum atomic E-state index is 12.5. The summed E-state index contributed by atoms with van der Waals surface area (Å²) in [5.41, 5.74) is 0.634. The summed E-state index contributed by atoms with van der Waals surface area (Å²) < 4.78 is 37.4. The summed E-state index contributed by atoms with van der Waals surface area (Å²) in [4.78, 5) is 3.94. The standard InChI is InChI=1S/C12H18N4O4S/c1-4-13-5-10-8(2)20-9(3)12(10)21(17,18)15-6-11-14-7-19-16-11/h7,13,15H,4-6H2,1-3H3. The molecule has 0 saturated carbocycles. The lowest BCUT2D eigenvalue weighted by Gasteiger charge is -2.07. The molecular formula is C12H18N4O4S. The van der Waals surface area contributed by atoms with Gasteiger partial charge in [-0.1, -0.05) is 12.1 Å². The Kier molecular flexibility index (Phi) is 4.76. The second-order valence-electron chi connectivity index (χ2n) is 4.47. The van der Waals surface area contributed by atoms with Crippen LogP contribution in [0.3, 0.4) is 0 Å². The van der Waals surface area contributed by atoms with E-state index >= 15 is 0 Å². The first-order valence-electron chi connectivity index (χ1n) is 6.50. The molecule has 0 spiro atoms. The van der Waals surface area contributed by atoms with Gasteiger partial charge in [0.2, 0.25) is 16.4 Å². The molecule has 8 nitrogen and oxygen atoms in total. The van der Waals surface area contributed by atoms with Gasteiger partial charge in [0.25, 0.3) is 0 Å². The Hall–Kier alpha value is -1.71. The van der Waals surface area contributed by atoms with Crippen LogP contribution < -0.4 is 10.0 Å². The predicted octanol–water partition coefficient (Wildman–Crippen LogP) is 0.867. The average molecular weight is 314 g/mol. The Morgan fingerprint density at radius 1 is 1.24 bits per heavy atom. The van der Waals surface area contributed by atoms with Gasteiger partial charge in [0.05, 0.1) is 6.54 Å². The molecule has 2 heterocycles. The van der Waals surface area contributed by atoms with Gasteiger partial charge in [-0.3, -0.25) is 0 Å². The van der Waals surface area contributed by atoms with Crippen molar-refractivity contribution >= 4 is 10.0 Å². The number of aryl methyl sites for hydroxylation is 2. The van der Waals surface area contributed by atoms with Crippen molar-refractivity contribution in [1.82, 2.24) is 20.2 Å². The molecule has 0 amide bonds. The number of furan rings is 1. The summed E-state index contributed by atoms with van der Waals surface area (Å²) in [6.07, 6.45) is 1.15. The van der Waals surface area contributed by atoms with Crippen LogP contribution in [0.1, 0.15) is 29.8 Å². The van der Waals surface area contributed by atoms with Crippen molar-refractivity contribution in [1.29, 1.82) is 0 Å². The van der Waals surface area contributed by atoms with E-state index in [0.29, 0.717) is 23.6 Å². The molecule has 0 aliphatic rings. The van der Waals surface area contributed by atoms with Crippen LogP contribution in [0.2, 0.25) is 0 Å². The number of hydrogen-bond acceptors (Lipinski definition) is 7. The topological polar surface area (TPSA) is 110 Å². The molecule has 0 radical (unpaired) electrons. The van der Waals surface area contributed by atoms with Crippen LogP contribution in [0.15, 0.2) is 20.2 Å². The van der Waals surface area contributed by atoms with E-state index in [-0.39, 0.29) is 17.3 Å². The number of sulfonamides is 1. The zero-order chi connectivity index (χ0) is 15.5. The second-order valence-corrected chi connectivity index (χ2v) is 6.18. The predicted molar refractivity (Wildman–Crippen MR) is 73.9 cm³/mol. The highest BCUT2D eigenvalue weighted by Crippen LogP contribution is 2.26. The third-order valence-corrected chi connectivity index (χ3v) is 4.57. The van der Waals surface area contributed by atoms with Gasteiger partial charge in [0, 0.05) is 12.1 Å². The quantitative estimate of drug-likeness (QED) is 0.780. The summed E-state index contributed by atoms with van der Waals surface area (Å²) in [6.45, 7) is 6.45. The van der Waals surface area contributed by atoms with Crippen LogP contribution in [-0.2, 0) is 23.1 Å². The lowest BCUT2D eigenvalue weighted by Crippen LogP contribution is -2.26. The monoisotopic (exact) mass is 314 g/mol. The number of aromatic nitrogens is 2. The van der Waals surface area contributed by atoms with Crippen molar-refractivity contribution in [3.63, 3.8) is 0 Å². The summed E-state index contributed by atoms with van der Waals surface area (Å²) in [5.74, 6) is 1.22. The maximum Gasteiger partial charge on any atom is 0.244 e. The number of nitrogens with one attached hydrogen (secondary N) is 2. The maximum absolute atomic E-state index is 12.5. The van der Waals surface area contributed by atoms with E-state index in [9.17, 15) is 8.42 Å². The molecule has 2 aromatic heterocycles. The third-order valence-electron chi connectivity index (χ3n) is 2.97. The number of rotatable bonds is 7. The lowest BCUT2D eigenvalue weighted by atomic mass is 10.2. The Morgan fingerprint density at radius 3 is 2.62 bits per heavy atom. The van der Waals surface area contributed by atoms with Gasteiger partial charge in [-0.05, 0) is 20.4 Å². The molecule has 0 saturated heterocycles. The summed E-state index contributed by atoms with van der Waals surface area (Å²) in [6, 6.07) is 0. The third kappa shape index (κ3) is 3.49. The second kappa shape index (κ2) is 6.37. The molecule has 0 fully saturated rings. The first kappa shape index (κ1) is 15.7. The molecule has 2 aromatic rings. The fourth-order valence-corrected chi connectivity index (χ4v) is 3.44. The molecule has 21 heavy (non-hydrogen) atoms. The minimum Gasteiger partial charge on any atom is -0.465 e. The SMILES string of the molecule is CCNCc1c(C)oc(C)c1S(=O)(=O)NCc1ncon1. The fraction of sp³-hybridized carbons (Fsp3) is 0.500. The Morgan fingerprint density at radius 2 is 2.00 bits per heavy atom. The van der Waals surface area contributed by atoms with E-state index < -0.39 is 10.0 Å². The molecule has 0 aromatic carbocycles. The van der Waals surface area contributed by atoms with Gasteiger partial charge < -0.3 is 14.3 Å². The van der Waals surface area contributed by atoms with Gasteiger partial charge in [0.1, 0.15) is 16.4 Å². The number of nitrogens with zero attached hydrogens (tertiary/aromatic N) is 2. The van der Waals surface area contributed by atoms with Crippen LogP contribution in [0.25, 0.3) is 0 Å². The molecule has 0 aliphatic carbocycles. The minimum absolute atomic E-state index is 0.0385. The van der Waals surface area contributed by atoms with Crippen LogP contribution >= 0.6 is 0 Å². The highest BCUT2D eigenvalue weighted by molar-refractivity contribution is 7.89. The molecule has 0 bridgehead atoms. The van der Waals surface area contributed by atoms with Gasteiger partial charge in [-0.25, -0.2) is 13.1 Å². The van der Waals surface area contributed by atoms with Crippen molar-refractivity contribution in [3.05, 3.63) is 29.3 Å². The zero-order valence-corrected chi connectivity index (χ0v) is 13.0. The van der Waals surface area contributed by atoms with E-state index in [2.05, 4.69) is 24.7 Å². The van der Waals surface area contributed by atoms with Crippen LogP contribution in [-0.4, -0.2) is 25.1 Å². The van der Waals surface area contributed by atoms with E-state index in [1.807, 2.05) is 6.92 Å². The molecule has 2 N–H and O–H groups in total. The van der Waals surface area contributed by atoms with Crippen molar-refractivity contribution in [2.45, 2.75) is 38.8 Å².